The summed E-state index contributed by atoms with van der Waals surface area (Å²) in [6, 6.07) is 1.36. The van der Waals surface area contributed by atoms with Crippen LogP contribution in [-0.4, -0.2) is 39.3 Å². The monoisotopic (exact) mass is 248 g/mol. The number of nitrogens with zero attached hydrogens (tertiary/aromatic N) is 3. The SMILES string of the molecule is CCCN1C(=O)CC(NCc2ccncn2)C1=O. The van der Waals surface area contributed by atoms with E-state index in [0.29, 0.717) is 13.1 Å². The van der Waals surface area contributed by atoms with E-state index in [2.05, 4.69) is 15.3 Å². The summed E-state index contributed by atoms with van der Waals surface area (Å²) in [5.74, 6) is -0.224. The number of hydrogen-bond donors (Lipinski definition) is 1. The molecule has 0 radical (unpaired) electrons. The molecule has 1 aliphatic heterocycles. The van der Waals surface area contributed by atoms with E-state index >= 15 is 0 Å². The lowest BCUT2D eigenvalue weighted by atomic mass is 10.2. The third-order valence-corrected chi connectivity index (χ3v) is 2.86. The highest BCUT2D eigenvalue weighted by Crippen LogP contribution is 2.13. The van der Waals surface area contributed by atoms with Gasteiger partial charge in [-0.1, -0.05) is 6.92 Å². The molecule has 0 aliphatic carbocycles. The van der Waals surface area contributed by atoms with Gasteiger partial charge >= 0.3 is 0 Å². The van der Waals surface area contributed by atoms with E-state index in [9.17, 15) is 9.59 Å². The average molecular weight is 248 g/mol. The number of aromatic nitrogens is 2. The fourth-order valence-electron chi connectivity index (χ4n) is 1.95. The molecule has 1 aliphatic rings. The Kier molecular flexibility index (Phi) is 3.99. The van der Waals surface area contributed by atoms with Gasteiger partial charge in [-0.25, -0.2) is 9.97 Å². The van der Waals surface area contributed by atoms with Gasteiger partial charge in [0.2, 0.25) is 11.8 Å². The zero-order chi connectivity index (χ0) is 13.0. The van der Waals surface area contributed by atoms with Crippen molar-refractivity contribution in [2.75, 3.05) is 6.54 Å². The molecule has 2 heterocycles. The normalized spacial score (nSPS) is 19.6. The van der Waals surface area contributed by atoms with Gasteiger partial charge in [-0.3, -0.25) is 19.8 Å². The number of imide groups is 1. The summed E-state index contributed by atoms with van der Waals surface area (Å²) < 4.78 is 0. The van der Waals surface area contributed by atoms with E-state index in [1.807, 2.05) is 6.92 Å². The molecule has 0 spiro atoms. The van der Waals surface area contributed by atoms with E-state index in [4.69, 9.17) is 0 Å². The van der Waals surface area contributed by atoms with Crippen molar-refractivity contribution in [1.82, 2.24) is 20.2 Å². The molecule has 2 rings (SSSR count). The van der Waals surface area contributed by atoms with Crippen molar-refractivity contribution in [1.29, 1.82) is 0 Å². The van der Waals surface area contributed by atoms with Crippen molar-refractivity contribution in [2.45, 2.75) is 32.4 Å². The minimum Gasteiger partial charge on any atom is -0.300 e. The molecular weight excluding hydrogens is 232 g/mol. The molecule has 6 heteroatoms. The predicted molar refractivity (Wildman–Crippen MR) is 64.3 cm³/mol. The van der Waals surface area contributed by atoms with Crippen LogP contribution in [0.1, 0.15) is 25.5 Å². The van der Waals surface area contributed by atoms with Crippen LogP contribution in [0.3, 0.4) is 0 Å². The van der Waals surface area contributed by atoms with Crippen molar-refractivity contribution in [2.24, 2.45) is 0 Å². The summed E-state index contributed by atoms with van der Waals surface area (Å²) in [6.45, 7) is 2.91. The molecule has 1 aromatic heterocycles. The van der Waals surface area contributed by atoms with Gasteiger partial charge in [0.1, 0.15) is 6.33 Å². The van der Waals surface area contributed by atoms with Crippen molar-refractivity contribution in [3.63, 3.8) is 0 Å². The van der Waals surface area contributed by atoms with Crippen molar-refractivity contribution in [3.05, 3.63) is 24.3 Å². The fraction of sp³-hybridized carbons (Fsp3) is 0.500. The van der Waals surface area contributed by atoms with Crippen LogP contribution in [0.2, 0.25) is 0 Å². The van der Waals surface area contributed by atoms with Gasteiger partial charge in [0.25, 0.3) is 0 Å². The maximum atomic E-state index is 11.9. The molecule has 96 valence electrons. The number of carbonyl (C=O) groups is 2. The minimum absolute atomic E-state index is 0.0953. The molecule has 2 amide bonds. The van der Waals surface area contributed by atoms with Crippen LogP contribution >= 0.6 is 0 Å². The average Bonchev–Trinajstić information content (AvgIpc) is 2.66. The third-order valence-electron chi connectivity index (χ3n) is 2.86. The van der Waals surface area contributed by atoms with Crippen molar-refractivity contribution in [3.8, 4) is 0 Å². The zero-order valence-corrected chi connectivity index (χ0v) is 10.3. The molecule has 1 aromatic rings. The Morgan fingerprint density at radius 2 is 2.33 bits per heavy atom. The van der Waals surface area contributed by atoms with Crippen molar-refractivity contribution >= 4 is 11.8 Å². The van der Waals surface area contributed by atoms with Gasteiger partial charge in [0, 0.05) is 19.3 Å². The Bertz CT molecular complexity index is 435. The molecule has 1 saturated heterocycles. The van der Waals surface area contributed by atoms with Gasteiger partial charge in [0.15, 0.2) is 0 Å². The molecular formula is C12H16N4O2. The molecule has 0 bridgehead atoms. The van der Waals surface area contributed by atoms with Crippen LogP contribution in [0.4, 0.5) is 0 Å². The first-order valence-corrected chi connectivity index (χ1v) is 6.05. The largest absolute Gasteiger partial charge is 0.300 e. The van der Waals surface area contributed by atoms with Crippen LogP contribution in [-0.2, 0) is 16.1 Å². The number of nitrogens with one attached hydrogen (secondary N) is 1. The lowest BCUT2D eigenvalue weighted by Gasteiger charge is -2.14. The summed E-state index contributed by atoms with van der Waals surface area (Å²) in [7, 11) is 0. The quantitative estimate of drug-likeness (QED) is 0.748. The Morgan fingerprint density at radius 3 is 3.00 bits per heavy atom. The summed E-state index contributed by atoms with van der Waals surface area (Å²) in [6.07, 6.45) is 4.14. The van der Waals surface area contributed by atoms with Gasteiger partial charge in [0.05, 0.1) is 18.2 Å². The van der Waals surface area contributed by atoms with Crippen LogP contribution in [0.25, 0.3) is 0 Å². The Labute approximate surface area is 105 Å². The van der Waals surface area contributed by atoms with Crippen LogP contribution < -0.4 is 5.32 Å². The lowest BCUT2D eigenvalue weighted by molar-refractivity contribution is -0.138. The molecule has 1 fully saturated rings. The number of likely N-dealkylation sites (tertiary alicyclic amines) is 1. The van der Waals surface area contributed by atoms with Gasteiger partial charge in [-0.2, -0.15) is 0 Å². The summed E-state index contributed by atoms with van der Waals surface area (Å²) in [5, 5.41) is 3.06. The molecule has 1 N–H and O–H groups in total. The lowest BCUT2D eigenvalue weighted by Crippen LogP contribution is -2.38. The Hall–Kier alpha value is -1.82. The van der Waals surface area contributed by atoms with Gasteiger partial charge < -0.3 is 0 Å². The molecule has 18 heavy (non-hydrogen) atoms. The highest BCUT2D eigenvalue weighted by Gasteiger charge is 2.37. The highest BCUT2D eigenvalue weighted by atomic mass is 16.2. The van der Waals surface area contributed by atoms with E-state index in [-0.39, 0.29) is 18.2 Å². The molecule has 1 atom stereocenters. The zero-order valence-electron chi connectivity index (χ0n) is 10.3. The minimum atomic E-state index is -0.418. The van der Waals surface area contributed by atoms with E-state index in [1.165, 1.54) is 11.2 Å². The Morgan fingerprint density at radius 1 is 1.50 bits per heavy atom. The second-order valence-electron chi connectivity index (χ2n) is 4.22. The highest BCUT2D eigenvalue weighted by molar-refractivity contribution is 6.05. The second-order valence-corrected chi connectivity index (χ2v) is 4.22. The molecule has 0 saturated carbocycles. The molecule has 1 unspecified atom stereocenters. The molecule has 0 aromatic carbocycles. The van der Waals surface area contributed by atoms with Gasteiger partial charge in [-0.05, 0) is 12.5 Å². The summed E-state index contributed by atoms with van der Waals surface area (Å²) in [4.78, 5) is 32.8. The first kappa shape index (κ1) is 12.6. The fourth-order valence-corrected chi connectivity index (χ4v) is 1.95. The van der Waals surface area contributed by atoms with Gasteiger partial charge in [-0.15, -0.1) is 0 Å². The van der Waals surface area contributed by atoms with E-state index in [1.54, 1.807) is 12.3 Å². The summed E-state index contributed by atoms with van der Waals surface area (Å²) in [5.41, 5.74) is 0.805. The number of carbonyl (C=O) groups excluding carboxylic acids is 2. The number of amides is 2. The van der Waals surface area contributed by atoms with Crippen molar-refractivity contribution < 1.29 is 9.59 Å². The smallest absolute Gasteiger partial charge is 0.246 e. The summed E-state index contributed by atoms with van der Waals surface area (Å²) >= 11 is 0. The van der Waals surface area contributed by atoms with E-state index in [0.717, 1.165) is 12.1 Å². The first-order valence-electron chi connectivity index (χ1n) is 6.05. The topological polar surface area (TPSA) is 75.2 Å². The number of hydrogen-bond acceptors (Lipinski definition) is 5. The van der Waals surface area contributed by atoms with Crippen LogP contribution in [0.5, 0.6) is 0 Å². The standard InChI is InChI=1S/C12H16N4O2/c1-2-5-16-11(17)6-10(12(16)18)14-7-9-3-4-13-8-15-9/h3-4,8,10,14H,2,5-7H2,1H3. The maximum Gasteiger partial charge on any atom is 0.246 e. The maximum absolute atomic E-state index is 11.9. The molecule has 6 nitrogen and oxygen atoms in total. The van der Waals surface area contributed by atoms with Crippen LogP contribution in [0, 0.1) is 0 Å². The Balaban J connectivity index is 1.91. The first-order chi connectivity index (χ1) is 8.72. The van der Waals surface area contributed by atoms with Crippen LogP contribution in [0.15, 0.2) is 18.6 Å². The van der Waals surface area contributed by atoms with E-state index < -0.39 is 6.04 Å². The third kappa shape index (κ3) is 2.70. The predicted octanol–water partition coefficient (Wildman–Crippen LogP) is 0.104. The number of rotatable bonds is 5. The second kappa shape index (κ2) is 5.68.